The predicted octanol–water partition coefficient (Wildman–Crippen LogP) is 2.09. The standard InChI is InChI=1S/C10H11N3S/c11-7-2-3-9-8(6-7)12-10(14-9)13-4-1-5-13/h2-3,6H,1,4-5,11H2. The van der Waals surface area contributed by atoms with Crippen LogP contribution in [0.1, 0.15) is 6.42 Å². The van der Waals surface area contributed by atoms with Crippen LogP contribution in [0.5, 0.6) is 0 Å². The van der Waals surface area contributed by atoms with E-state index in [0.29, 0.717) is 0 Å². The van der Waals surface area contributed by atoms with Crippen molar-refractivity contribution in [1.29, 1.82) is 0 Å². The third-order valence-corrected chi connectivity index (χ3v) is 3.62. The summed E-state index contributed by atoms with van der Waals surface area (Å²) in [5.41, 5.74) is 7.52. The van der Waals surface area contributed by atoms with Gasteiger partial charge < -0.3 is 10.6 Å². The zero-order chi connectivity index (χ0) is 9.54. The van der Waals surface area contributed by atoms with Crippen LogP contribution < -0.4 is 10.6 Å². The molecule has 0 aliphatic carbocycles. The second kappa shape index (κ2) is 2.85. The Morgan fingerprint density at radius 1 is 1.36 bits per heavy atom. The number of rotatable bonds is 1. The van der Waals surface area contributed by atoms with E-state index >= 15 is 0 Å². The van der Waals surface area contributed by atoms with Gasteiger partial charge >= 0.3 is 0 Å². The third kappa shape index (κ3) is 1.14. The number of hydrogen-bond acceptors (Lipinski definition) is 4. The van der Waals surface area contributed by atoms with E-state index in [0.717, 1.165) is 29.4 Å². The Morgan fingerprint density at radius 2 is 2.21 bits per heavy atom. The highest BCUT2D eigenvalue weighted by Crippen LogP contribution is 2.31. The van der Waals surface area contributed by atoms with E-state index in [2.05, 4.69) is 9.88 Å². The molecule has 0 spiro atoms. The molecule has 2 N–H and O–H groups in total. The van der Waals surface area contributed by atoms with Crippen LogP contribution in [0.3, 0.4) is 0 Å². The first-order chi connectivity index (χ1) is 6.83. The van der Waals surface area contributed by atoms with Crippen LogP contribution in [0.4, 0.5) is 10.8 Å². The van der Waals surface area contributed by atoms with Crippen molar-refractivity contribution in [2.24, 2.45) is 0 Å². The number of nitrogens with zero attached hydrogens (tertiary/aromatic N) is 2. The summed E-state index contributed by atoms with van der Waals surface area (Å²) in [5.74, 6) is 0. The number of hydrogen-bond donors (Lipinski definition) is 1. The molecule has 3 rings (SSSR count). The maximum absolute atomic E-state index is 5.71. The highest BCUT2D eigenvalue weighted by molar-refractivity contribution is 7.22. The van der Waals surface area contributed by atoms with Gasteiger partial charge in [-0.15, -0.1) is 0 Å². The minimum Gasteiger partial charge on any atom is -0.399 e. The van der Waals surface area contributed by atoms with Gasteiger partial charge in [-0.05, 0) is 24.6 Å². The fourth-order valence-corrected chi connectivity index (χ4v) is 2.57. The molecule has 1 aromatic carbocycles. The number of fused-ring (bicyclic) bond motifs is 1. The molecule has 2 heterocycles. The van der Waals surface area contributed by atoms with Gasteiger partial charge in [0.2, 0.25) is 0 Å². The average molecular weight is 205 g/mol. The van der Waals surface area contributed by atoms with E-state index in [-0.39, 0.29) is 0 Å². The van der Waals surface area contributed by atoms with Crippen molar-refractivity contribution < 1.29 is 0 Å². The Bertz CT molecular complexity index is 473. The molecule has 4 heteroatoms. The highest BCUT2D eigenvalue weighted by Gasteiger charge is 2.17. The first-order valence-corrected chi connectivity index (χ1v) is 5.55. The van der Waals surface area contributed by atoms with E-state index in [1.165, 1.54) is 11.1 Å². The van der Waals surface area contributed by atoms with E-state index in [1.54, 1.807) is 11.3 Å². The second-order valence-electron chi connectivity index (χ2n) is 3.56. The Hall–Kier alpha value is -1.29. The second-order valence-corrected chi connectivity index (χ2v) is 4.57. The van der Waals surface area contributed by atoms with Crippen LogP contribution in [0, 0.1) is 0 Å². The van der Waals surface area contributed by atoms with E-state index < -0.39 is 0 Å². The normalized spacial score (nSPS) is 15.9. The number of aromatic nitrogens is 1. The number of thiazole rings is 1. The topological polar surface area (TPSA) is 42.1 Å². The fourth-order valence-electron chi connectivity index (χ4n) is 1.58. The van der Waals surface area contributed by atoms with Gasteiger partial charge in [0.15, 0.2) is 5.13 Å². The highest BCUT2D eigenvalue weighted by atomic mass is 32.1. The molecule has 72 valence electrons. The quantitative estimate of drug-likeness (QED) is 0.725. The Balaban J connectivity index is 2.10. The molecule has 0 radical (unpaired) electrons. The van der Waals surface area contributed by atoms with E-state index in [4.69, 9.17) is 5.73 Å². The molecule has 1 aliphatic heterocycles. The molecular weight excluding hydrogens is 194 g/mol. The lowest BCUT2D eigenvalue weighted by Crippen LogP contribution is -2.36. The summed E-state index contributed by atoms with van der Waals surface area (Å²) in [6.07, 6.45) is 1.29. The zero-order valence-corrected chi connectivity index (χ0v) is 8.55. The monoisotopic (exact) mass is 205 g/mol. The molecule has 3 nitrogen and oxygen atoms in total. The molecule has 1 aliphatic rings. The lowest BCUT2D eigenvalue weighted by molar-refractivity contribution is 0.616. The Labute approximate surface area is 86.2 Å². The molecule has 0 bridgehead atoms. The SMILES string of the molecule is Nc1ccc2sc(N3CCC3)nc2c1. The maximum Gasteiger partial charge on any atom is 0.186 e. The number of anilines is 2. The Morgan fingerprint density at radius 3 is 2.93 bits per heavy atom. The summed E-state index contributed by atoms with van der Waals surface area (Å²) in [4.78, 5) is 6.87. The molecule has 0 saturated carbocycles. The summed E-state index contributed by atoms with van der Waals surface area (Å²) >= 11 is 1.75. The average Bonchev–Trinajstić information content (AvgIpc) is 2.43. The van der Waals surface area contributed by atoms with E-state index in [9.17, 15) is 0 Å². The molecule has 0 atom stereocenters. The lowest BCUT2D eigenvalue weighted by Gasteiger charge is -2.30. The van der Waals surface area contributed by atoms with Crippen molar-refractivity contribution in [1.82, 2.24) is 4.98 Å². The minimum atomic E-state index is 0.790. The molecule has 1 aromatic heterocycles. The molecule has 14 heavy (non-hydrogen) atoms. The summed E-state index contributed by atoms with van der Waals surface area (Å²) in [6.45, 7) is 2.30. The molecule has 0 amide bonds. The molecular formula is C10H11N3S. The summed E-state index contributed by atoms with van der Waals surface area (Å²) < 4.78 is 1.22. The first-order valence-electron chi connectivity index (χ1n) is 4.74. The van der Waals surface area contributed by atoms with Crippen LogP contribution in [0.15, 0.2) is 18.2 Å². The van der Waals surface area contributed by atoms with Crippen LogP contribution >= 0.6 is 11.3 Å². The van der Waals surface area contributed by atoms with Crippen molar-refractivity contribution in [3.63, 3.8) is 0 Å². The smallest absolute Gasteiger partial charge is 0.186 e. The summed E-state index contributed by atoms with van der Waals surface area (Å²) in [5, 5.41) is 1.14. The predicted molar refractivity (Wildman–Crippen MR) is 60.9 cm³/mol. The Kier molecular flexibility index (Phi) is 1.64. The summed E-state index contributed by atoms with van der Waals surface area (Å²) in [7, 11) is 0. The molecule has 0 unspecified atom stereocenters. The van der Waals surface area contributed by atoms with Crippen molar-refractivity contribution in [2.75, 3.05) is 23.7 Å². The van der Waals surface area contributed by atoms with Crippen LogP contribution in [0.25, 0.3) is 10.2 Å². The van der Waals surface area contributed by atoms with Crippen molar-refractivity contribution >= 4 is 32.4 Å². The van der Waals surface area contributed by atoms with E-state index in [1.807, 2.05) is 18.2 Å². The summed E-state index contributed by atoms with van der Waals surface area (Å²) in [6, 6.07) is 5.92. The van der Waals surface area contributed by atoms with Gasteiger partial charge in [-0.25, -0.2) is 4.98 Å². The van der Waals surface area contributed by atoms with Gasteiger partial charge in [0.1, 0.15) is 0 Å². The molecule has 2 aromatic rings. The van der Waals surface area contributed by atoms with Gasteiger partial charge in [0.25, 0.3) is 0 Å². The van der Waals surface area contributed by atoms with Crippen LogP contribution in [-0.4, -0.2) is 18.1 Å². The number of benzene rings is 1. The van der Waals surface area contributed by atoms with Crippen molar-refractivity contribution in [2.45, 2.75) is 6.42 Å². The van der Waals surface area contributed by atoms with Crippen LogP contribution in [-0.2, 0) is 0 Å². The number of nitrogen functional groups attached to an aromatic ring is 1. The molecule has 1 saturated heterocycles. The largest absolute Gasteiger partial charge is 0.399 e. The number of nitrogens with two attached hydrogens (primary N) is 1. The van der Waals surface area contributed by atoms with Gasteiger partial charge in [0.05, 0.1) is 10.2 Å². The first kappa shape index (κ1) is 8.05. The van der Waals surface area contributed by atoms with Gasteiger partial charge in [-0.1, -0.05) is 11.3 Å². The molecule has 1 fully saturated rings. The minimum absolute atomic E-state index is 0.790. The van der Waals surface area contributed by atoms with Gasteiger partial charge in [-0.3, -0.25) is 0 Å². The third-order valence-electron chi connectivity index (χ3n) is 2.53. The van der Waals surface area contributed by atoms with Gasteiger partial charge in [0, 0.05) is 18.8 Å². The van der Waals surface area contributed by atoms with Gasteiger partial charge in [-0.2, -0.15) is 0 Å². The van der Waals surface area contributed by atoms with Crippen molar-refractivity contribution in [3.05, 3.63) is 18.2 Å². The lowest BCUT2D eigenvalue weighted by atomic mass is 10.2. The van der Waals surface area contributed by atoms with Crippen LogP contribution in [0.2, 0.25) is 0 Å². The fraction of sp³-hybridized carbons (Fsp3) is 0.300. The zero-order valence-electron chi connectivity index (χ0n) is 7.73. The van der Waals surface area contributed by atoms with Crippen molar-refractivity contribution in [3.8, 4) is 0 Å². The maximum atomic E-state index is 5.71.